The Balaban J connectivity index is 2.03. The molecule has 0 aliphatic heterocycles. The van der Waals surface area contributed by atoms with Crippen molar-refractivity contribution in [2.24, 2.45) is 0 Å². The monoisotopic (exact) mass is 370 g/mol. The smallest absolute Gasteiger partial charge is 0.155 e. The predicted molar refractivity (Wildman–Crippen MR) is 97.9 cm³/mol. The molecule has 0 atom stereocenters. The standard InChI is InChI=1S/C18H18N4O3S/c1-10(2)18-22-21-15(26-18)9-25-17-11(7-19)8-20-16-13(17)5-12(23-3)6-14(16)24-4/h5-6,8,10H,9H2,1-4H3. The van der Waals surface area contributed by atoms with Gasteiger partial charge in [0.2, 0.25) is 0 Å². The number of hydrogen-bond acceptors (Lipinski definition) is 8. The Morgan fingerprint density at radius 3 is 2.62 bits per heavy atom. The van der Waals surface area contributed by atoms with Crippen LogP contribution in [0.3, 0.4) is 0 Å². The van der Waals surface area contributed by atoms with E-state index in [0.29, 0.717) is 39.6 Å². The summed E-state index contributed by atoms with van der Waals surface area (Å²) in [6, 6.07) is 5.64. The molecule has 1 aromatic carbocycles. The van der Waals surface area contributed by atoms with Gasteiger partial charge in [-0.25, -0.2) is 0 Å². The number of nitrogens with zero attached hydrogens (tertiary/aromatic N) is 4. The van der Waals surface area contributed by atoms with E-state index in [-0.39, 0.29) is 6.61 Å². The molecule has 0 fully saturated rings. The second-order valence-corrected chi connectivity index (χ2v) is 6.91. The van der Waals surface area contributed by atoms with Crippen molar-refractivity contribution < 1.29 is 14.2 Å². The topological polar surface area (TPSA) is 90.2 Å². The molecule has 7 nitrogen and oxygen atoms in total. The van der Waals surface area contributed by atoms with Crippen molar-refractivity contribution in [3.63, 3.8) is 0 Å². The van der Waals surface area contributed by atoms with Crippen molar-refractivity contribution >= 4 is 22.2 Å². The number of fused-ring (bicyclic) bond motifs is 1. The van der Waals surface area contributed by atoms with E-state index in [1.165, 1.54) is 17.5 Å². The van der Waals surface area contributed by atoms with E-state index in [4.69, 9.17) is 14.2 Å². The van der Waals surface area contributed by atoms with Gasteiger partial charge in [0.1, 0.15) is 46.0 Å². The second-order valence-electron chi connectivity index (χ2n) is 5.82. The van der Waals surface area contributed by atoms with Crippen LogP contribution in [-0.2, 0) is 6.61 Å². The van der Waals surface area contributed by atoms with Crippen LogP contribution in [0.15, 0.2) is 18.3 Å². The Kier molecular flexibility index (Phi) is 5.19. The summed E-state index contributed by atoms with van der Waals surface area (Å²) in [6.45, 7) is 4.35. The van der Waals surface area contributed by atoms with Crippen LogP contribution < -0.4 is 14.2 Å². The molecule has 2 heterocycles. The lowest BCUT2D eigenvalue weighted by molar-refractivity contribution is 0.307. The lowest BCUT2D eigenvalue weighted by atomic mass is 10.1. The zero-order valence-electron chi connectivity index (χ0n) is 14.9. The number of methoxy groups -OCH3 is 2. The van der Waals surface area contributed by atoms with Crippen molar-refractivity contribution in [2.45, 2.75) is 26.4 Å². The number of aromatic nitrogens is 3. The molecule has 3 rings (SSSR count). The molecule has 0 amide bonds. The first-order valence-corrected chi connectivity index (χ1v) is 8.79. The second kappa shape index (κ2) is 7.54. The van der Waals surface area contributed by atoms with Crippen LogP contribution >= 0.6 is 11.3 Å². The largest absolute Gasteiger partial charge is 0.497 e. The zero-order chi connectivity index (χ0) is 18.7. The van der Waals surface area contributed by atoms with Crippen molar-refractivity contribution in [2.75, 3.05) is 14.2 Å². The molecule has 0 saturated heterocycles. The fourth-order valence-corrected chi connectivity index (χ4v) is 3.18. The maximum Gasteiger partial charge on any atom is 0.155 e. The number of nitriles is 1. The van der Waals surface area contributed by atoms with Crippen LogP contribution in [0, 0.1) is 11.3 Å². The highest BCUT2D eigenvalue weighted by molar-refractivity contribution is 7.11. The average Bonchev–Trinajstić information content (AvgIpc) is 3.14. The SMILES string of the molecule is COc1cc(OC)c2ncc(C#N)c(OCc3nnc(C(C)C)s3)c2c1. The third-order valence-corrected chi connectivity index (χ3v) is 4.95. The van der Waals surface area contributed by atoms with Gasteiger partial charge in [-0.1, -0.05) is 25.2 Å². The third-order valence-electron chi connectivity index (χ3n) is 3.75. The summed E-state index contributed by atoms with van der Waals surface area (Å²) in [5.74, 6) is 1.88. The quantitative estimate of drug-likeness (QED) is 0.654. The molecule has 3 aromatic rings. The highest BCUT2D eigenvalue weighted by atomic mass is 32.1. The van der Waals surface area contributed by atoms with Crippen LogP contribution in [0.4, 0.5) is 0 Å². The normalized spacial score (nSPS) is 10.8. The minimum absolute atomic E-state index is 0.220. The average molecular weight is 370 g/mol. The van der Waals surface area contributed by atoms with Crippen molar-refractivity contribution in [3.8, 4) is 23.3 Å². The first-order valence-electron chi connectivity index (χ1n) is 7.97. The molecule has 26 heavy (non-hydrogen) atoms. The Labute approximate surface area is 155 Å². The Hall–Kier alpha value is -2.92. The molecule has 0 bridgehead atoms. The van der Waals surface area contributed by atoms with E-state index in [1.54, 1.807) is 26.4 Å². The maximum absolute atomic E-state index is 9.45. The van der Waals surface area contributed by atoms with Gasteiger partial charge in [0.15, 0.2) is 5.01 Å². The first kappa shape index (κ1) is 17.9. The molecule has 134 valence electrons. The van der Waals surface area contributed by atoms with Crippen LogP contribution in [0.1, 0.15) is 35.3 Å². The molecule has 0 N–H and O–H groups in total. The van der Waals surface area contributed by atoms with Crippen LogP contribution in [0.25, 0.3) is 10.9 Å². The fourth-order valence-electron chi connectivity index (χ4n) is 2.42. The van der Waals surface area contributed by atoms with Crippen molar-refractivity contribution in [3.05, 3.63) is 33.9 Å². The van der Waals surface area contributed by atoms with E-state index in [0.717, 1.165) is 10.0 Å². The summed E-state index contributed by atoms with van der Waals surface area (Å²) in [6.07, 6.45) is 1.48. The number of rotatable bonds is 6. The van der Waals surface area contributed by atoms with Gasteiger partial charge in [-0.2, -0.15) is 5.26 Å². The summed E-state index contributed by atoms with van der Waals surface area (Å²) in [5, 5.41) is 20.1. The summed E-state index contributed by atoms with van der Waals surface area (Å²) in [5.41, 5.74) is 0.934. The fraction of sp³-hybridized carbons (Fsp3) is 0.333. The van der Waals surface area contributed by atoms with Gasteiger partial charge in [-0.05, 0) is 6.07 Å². The molecule has 0 aliphatic carbocycles. The molecular weight excluding hydrogens is 352 g/mol. The van der Waals surface area contributed by atoms with Crippen molar-refractivity contribution in [1.82, 2.24) is 15.2 Å². The molecule has 0 saturated carbocycles. The van der Waals surface area contributed by atoms with Crippen LogP contribution in [0.2, 0.25) is 0 Å². The van der Waals surface area contributed by atoms with Crippen molar-refractivity contribution in [1.29, 1.82) is 5.26 Å². The van der Waals surface area contributed by atoms with Gasteiger partial charge in [-0.15, -0.1) is 10.2 Å². The maximum atomic E-state index is 9.45. The minimum Gasteiger partial charge on any atom is -0.497 e. The van der Waals surface area contributed by atoms with Gasteiger partial charge in [0.25, 0.3) is 0 Å². The molecule has 0 spiro atoms. The number of hydrogen-bond donors (Lipinski definition) is 0. The number of pyridine rings is 1. The Morgan fingerprint density at radius 2 is 2.00 bits per heavy atom. The van der Waals surface area contributed by atoms with E-state index in [2.05, 4.69) is 35.1 Å². The summed E-state index contributed by atoms with van der Waals surface area (Å²) >= 11 is 1.50. The highest BCUT2D eigenvalue weighted by Crippen LogP contribution is 2.37. The van der Waals surface area contributed by atoms with E-state index >= 15 is 0 Å². The lowest BCUT2D eigenvalue weighted by Crippen LogP contribution is -2.00. The number of ether oxygens (including phenoxy) is 3. The Bertz CT molecular complexity index is 978. The summed E-state index contributed by atoms with van der Waals surface area (Å²) in [4.78, 5) is 4.33. The summed E-state index contributed by atoms with van der Waals surface area (Å²) < 4.78 is 16.7. The minimum atomic E-state index is 0.220. The number of benzene rings is 1. The Morgan fingerprint density at radius 1 is 1.19 bits per heavy atom. The van der Waals surface area contributed by atoms with Gasteiger partial charge < -0.3 is 14.2 Å². The third kappa shape index (κ3) is 3.39. The molecule has 0 aliphatic rings. The molecular formula is C18H18N4O3S. The predicted octanol–water partition coefficient (Wildman–Crippen LogP) is 3.68. The summed E-state index contributed by atoms with van der Waals surface area (Å²) in [7, 11) is 3.13. The zero-order valence-corrected chi connectivity index (χ0v) is 15.8. The lowest BCUT2D eigenvalue weighted by Gasteiger charge is -2.13. The van der Waals surface area contributed by atoms with E-state index in [1.807, 2.05) is 0 Å². The van der Waals surface area contributed by atoms with Gasteiger partial charge in [-0.3, -0.25) is 4.98 Å². The molecule has 0 unspecified atom stereocenters. The van der Waals surface area contributed by atoms with Crippen LogP contribution in [-0.4, -0.2) is 29.4 Å². The van der Waals surface area contributed by atoms with Gasteiger partial charge in [0, 0.05) is 18.2 Å². The molecule has 0 radical (unpaired) electrons. The molecule has 2 aromatic heterocycles. The van der Waals surface area contributed by atoms with Gasteiger partial charge in [0.05, 0.1) is 19.6 Å². The first-order chi connectivity index (χ1) is 12.6. The van der Waals surface area contributed by atoms with Gasteiger partial charge >= 0.3 is 0 Å². The van der Waals surface area contributed by atoms with Crippen LogP contribution in [0.5, 0.6) is 17.2 Å². The van der Waals surface area contributed by atoms with E-state index < -0.39 is 0 Å². The molecule has 8 heteroatoms. The van der Waals surface area contributed by atoms with E-state index in [9.17, 15) is 5.26 Å². The highest BCUT2D eigenvalue weighted by Gasteiger charge is 2.17.